The van der Waals surface area contributed by atoms with E-state index in [1.807, 2.05) is 72.7 Å². The third-order valence-electron chi connectivity index (χ3n) is 6.68. The van der Waals surface area contributed by atoms with Crippen LogP contribution in [0.4, 0.5) is 15.3 Å². The smallest absolute Gasteiger partial charge is 0.435 e. The molecule has 1 aliphatic rings. The van der Waals surface area contributed by atoms with Crippen LogP contribution in [0, 0.1) is 0 Å². The highest BCUT2D eigenvalue weighted by molar-refractivity contribution is 6.02. The molecule has 3 aromatic rings. The number of rotatable bonds is 4. The minimum absolute atomic E-state index is 0.383. The Labute approximate surface area is 225 Å². The normalized spacial score (nSPS) is 15.4. The van der Waals surface area contributed by atoms with E-state index in [0.29, 0.717) is 5.52 Å². The molecule has 4 rings (SSSR count). The second kappa shape index (κ2) is 9.97. The lowest BCUT2D eigenvalue weighted by atomic mass is 9.87. The number of carbonyl (C=O) groups excluding carboxylic acids is 2. The van der Waals surface area contributed by atoms with Gasteiger partial charge in [-0.25, -0.2) is 9.59 Å². The Morgan fingerprint density at radius 3 is 2.08 bits per heavy atom. The molecule has 0 unspecified atom stereocenters. The summed E-state index contributed by atoms with van der Waals surface area (Å²) in [7, 11) is 3.96. The third-order valence-corrected chi connectivity index (χ3v) is 6.68. The van der Waals surface area contributed by atoms with Gasteiger partial charge in [-0.1, -0.05) is 43.2 Å². The number of hydrogen-bond donors (Lipinski definition) is 1. The zero-order chi connectivity index (χ0) is 27.9. The van der Waals surface area contributed by atoms with Gasteiger partial charge in [-0.15, -0.1) is 0 Å². The molecule has 1 amide bonds. The lowest BCUT2D eigenvalue weighted by molar-refractivity contribution is 0.0451. The first-order valence-electron chi connectivity index (χ1n) is 13.2. The Morgan fingerprint density at radius 2 is 1.53 bits per heavy atom. The molecule has 1 N–H and O–H groups in total. The molecule has 1 fully saturated rings. The molecule has 0 spiro atoms. The van der Waals surface area contributed by atoms with E-state index >= 15 is 0 Å². The van der Waals surface area contributed by atoms with Crippen LogP contribution in [-0.2, 0) is 15.0 Å². The second-order valence-corrected chi connectivity index (χ2v) is 12.3. The minimum Gasteiger partial charge on any atom is -0.444 e. The Morgan fingerprint density at radius 1 is 0.921 bits per heavy atom. The van der Waals surface area contributed by atoms with Gasteiger partial charge in [0.15, 0.2) is 0 Å². The minimum atomic E-state index is -0.615. The van der Waals surface area contributed by atoms with Crippen LogP contribution in [0.1, 0.15) is 72.8 Å². The van der Waals surface area contributed by atoms with E-state index in [1.54, 1.807) is 6.20 Å². The van der Waals surface area contributed by atoms with Crippen molar-refractivity contribution in [1.29, 1.82) is 0 Å². The van der Waals surface area contributed by atoms with Crippen molar-refractivity contribution in [2.75, 3.05) is 19.0 Å². The number of nitrogens with one attached hydrogen (secondary N) is 1. The number of anilines is 1. The molecule has 0 aliphatic heterocycles. The van der Waals surface area contributed by atoms with Crippen molar-refractivity contribution in [1.82, 2.24) is 15.1 Å². The summed E-state index contributed by atoms with van der Waals surface area (Å²) in [6, 6.07) is 12.3. The van der Waals surface area contributed by atoms with Gasteiger partial charge in [0.2, 0.25) is 0 Å². The average molecular weight is 521 g/mol. The molecular formula is C30H40N4O4. The molecule has 38 heavy (non-hydrogen) atoms. The van der Waals surface area contributed by atoms with Gasteiger partial charge in [0.25, 0.3) is 0 Å². The molecule has 1 aromatic heterocycles. The molecule has 1 saturated carbocycles. The molecule has 2 aromatic carbocycles. The first-order valence-corrected chi connectivity index (χ1v) is 13.2. The third kappa shape index (κ3) is 5.79. The number of nitrogens with zero attached hydrogens (tertiary/aromatic N) is 3. The first-order chi connectivity index (χ1) is 17.7. The second-order valence-electron chi connectivity index (χ2n) is 12.3. The standard InChI is InChI=1S/C30H40N4O4/c1-28(2,3)37-26(35)32-30(17-9-10-18-30)21-13-11-20(12-14-21)22-15-16-24-23(25(22)33(7)8)19-31-34(24)27(36)38-29(4,5)6/h11-16,19H,9-10,17-18H2,1-8H3,(H,32,35). The number of aromatic nitrogens is 2. The maximum absolute atomic E-state index is 12.7. The molecule has 0 radical (unpaired) electrons. The summed E-state index contributed by atoms with van der Waals surface area (Å²) in [5.41, 5.74) is 3.21. The van der Waals surface area contributed by atoms with Gasteiger partial charge in [0.1, 0.15) is 11.2 Å². The molecular weight excluding hydrogens is 480 g/mol. The molecule has 8 heteroatoms. The van der Waals surface area contributed by atoms with Crippen molar-refractivity contribution in [3.8, 4) is 11.1 Å². The van der Waals surface area contributed by atoms with E-state index in [4.69, 9.17) is 9.47 Å². The molecule has 204 valence electrons. The van der Waals surface area contributed by atoms with Crippen molar-refractivity contribution in [3.05, 3.63) is 48.2 Å². The van der Waals surface area contributed by atoms with Crippen molar-refractivity contribution in [2.45, 2.75) is 84.0 Å². The summed E-state index contributed by atoms with van der Waals surface area (Å²) in [6.45, 7) is 11.1. The fourth-order valence-corrected chi connectivity index (χ4v) is 5.18. The van der Waals surface area contributed by atoms with E-state index < -0.39 is 22.8 Å². The number of ether oxygens (including phenoxy) is 2. The zero-order valence-electron chi connectivity index (χ0n) is 23.8. The number of benzene rings is 2. The lowest BCUT2D eigenvalue weighted by Gasteiger charge is -2.32. The highest BCUT2D eigenvalue weighted by atomic mass is 16.6. The summed E-state index contributed by atoms with van der Waals surface area (Å²) in [6.07, 6.45) is 4.69. The quantitative estimate of drug-likeness (QED) is 0.405. The van der Waals surface area contributed by atoms with E-state index in [1.165, 1.54) is 4.68 Å². The summed E-state index contributed by atoms with van der Waals surface area (Å²) >= 11 is 0. The molecule has 0 bridgehead atoms. The molecule has 0 atom stereocenters. The van der Waals surface area contributed by atoms with Gasteiger partial charge in [-0.3, -0.25) is 0 Å². The van der Waals surface area contributed by atoms with E-state index in [0.717, 1.165) is 53.4 Å². The highest BCUT2D eigenvalue weighted by Gasteiger charge is 2.38. The highest BCUT2D eigenvalue weighted by Crippen LogP contribution is 2.41. The van der Waals surface area contributed by atoms with E-state index in [-0.39, 0.29) is 6.09 Å². The summed E-state index contributed by atoms with van der Waals surface area (Å²) in [5, 5.41) is 8.39. The zero-order valence-corrected chi connectivity index (χ0v) is 23.8. The van der Waals surface area contributed by atoms with Gasteiger partial charge < -0.3 is 19.7 Å². The van der Waals surface area contributed by atoms with Crippen LogP contribution in [0.25, 0.3) is 22.0 Å². The van der Waals surface area contributed by atoms with Crippen LogP contribution in [0.15, 0.2) is 42.6 Å². The van der Waals surface area contributed by atoms with E-state index in [9.17, 15) is 9.59 Å². The van der Waals surface area contributed by atoms with Crippen LogP contribution < -0.4 is 10.2 Å². The predicted molar refractivity (Wildman–Crippen MR) is 151 cm³/mol. The van der Waals surface area contributed by atoms with Gasteiger partial charge in [-0.2, -0.15) is 9.78 Å². The number of carbonyl (C=O) groups is 2. The predicted octanol–water partition coefficient (Wildman–Crippen LogP) is 6.85. The van der Waals surface area contributed by atoms with Gasteiger partial charge in [-0.05, 0) is 71.6 Å². The monoisotopic (exact) mass is 520 g/mol. The van der Waals surface area contributed by atoms with E-state index in [2.05, 4.69) is 34.7 Å². The van der Waals surface area contributed by atoms with Crippen molar-refractivity contribution >= 4 is 28.8 Å². The topological polar surface area (TPSA) is 85.7 Å². The fourth-order valence-electron chi connectivity index (χ4n) is 5.18. The van der Waals surface area contributed by atoms with Crippen molar-refractivity contribution < 1.29 is 19.1 Å². The molecule has 0 saturated heterocycles. The first kappa shape index (κ1) is 27.5. The number of hydrogen-bond acceptors (Lipinski definition) is 6. The lowest BCUT2D eigenvalue weighted by Crippen LogP contribution is -2.46. The maximum Gasteiger partial charge on any atom is 0.435 e. The number of fused-ring (bicyclic) bond motifs is 1. The fraction of sp³-hybridized carbons (Fsp3) is 0.500. The summed E-state index contributed by atoms with van der Waals surface area (Å²) < 4.78 is 12.4. The Bertz CT molecular complexity index is 1320. The van der Waals surface area contributed by atoms with Gasteiger partial charge in [0.05, 0.1) is 22.9 Å². The largest absolute Gasteiger partial charge is 0.444 e. The Kier molecular flexibility index (Phi) is 7.21. The Balaban J connectivity index is 1.68. The Hall–Kier alpha value is -3.55. The summed E-state index contributed by atoms with van der Waals surface area (Å²) in [5.74, 6) is 0. The molecule has 8 nitrogen and oxygen atoms in total. The van der Waals surface area contributed by atoms with Crippen LogP contribution in [0.3, 0.4) is 0 Å². The van der Waals surface area contributed by atoms with Gasteiger partial charge in [0, 0.05) is 25.0 Å². The van der Waals surface area contributed by atoms with Crippen molar-refractivity contribution in [3.63, 3.8) is 0 Å². The van der Waals surface area contributed by atoms with Crippen LogP contribution in [-0.4, -0.2) is 47.3 Å². The molecule has 1 heterocycles. The van der Waals surface area contributed by atoms with Crippen molar-refractivity contribution in [2.24, 2.45) is 0 Å². The van der Waals surface area contributed by atoms with Crippen LogP contribution >= 0.6 is 0 Å². The van der Waals surface area contributed by atoms with Crippen LogP contribution in [0.5, 0.6) is 0 Å². The van der Waals surface area contributed by atoms with Gasteiger partial charge >= 0.3 is 12.2 Å². The number of alkyl carbamates (subject to hydrolysis) is 1. The summed E-state index contributed by atoms with van der Waals surface area (Å²) in [4.78, 5) is 27.5. The SMILES string of the molecule is CN(C)c1c(-c2ccc(C3(NC(=O)OC(C)(C)C)CCCC3)cc2)ccc2c1cnn2C(=O)OC(C)(C)C. The average Bonchev–Trinajstić information content (AvgIpc) is 3.43. The maximum atomic E-state index is 12.7. The molecule has 1 aliphatic carbocycles. The number of amides is 1. The van der Waals surface area contributed by atoms with Crippen LogP contribution in [0.2, 0.25) is 0 Å².